The fourth-order valence-corrected chi connectivity index (χ4v) is 2.51. The summed E-state index contributed by atoms with van der Waals surface area (Å²) in [6.07, 6.45) is 2.11. The average molecular weight is 356 g/mol. The molecule has 0 aliphatic carbocycles. The van der Waals surface area contributed by atoms with Crippen LogP contribution in [0.1, 0.15) is 12.0 Å². The van der Waals surface area contributed by atoms with E-state index < -0.39 is 4.92 Å². The fourth-order valence-electron chi connectivity index (χ4n) is 2.05. The van der Waals surface area contributed by atoms with Gasteiger partial charge in [-0.25, -0.2) is 0 Å². The zero-order valence-electron chi connectivity index (χ0n) is 12.2. The number of ether oxygens (including phenoxy) is 1. The highest BCUT2D eigenvalue weighted by molar-refractivity contribution is 7.80. The number of hydrogen-bond donors (Lipinski definition) is 1. The van der Waals surface area contributed by atoms with Crippen LogP contribution in [0.2, 0.25) is 5.02 Å². The molecule has 0 radical (unpaired) electrons. The van der Waals surface area contributed by atoms with Gasteiger partial charge >= 0.3 is 0 Å². The number of nitro benzene ring substituents is 1. The normalized spacial score (nSPS) is 16.1. The van der Waals surface area contributed by atoms with Gasteiger partial charge in [-0.05, 0) is 30.8 Å². The van der Waals surface area contributed by atoms with E-state index in [4.69, 9.17) is 28.6 Å². The maximum atomic E-state index is 12.3. The molecule has 2 rings (SSSR count). The summed E-state index contributed by atoms with van der Waals surface area (Å²) in [5, 5.41) is 14.2. The van der Waals surface area contributed by atoms with Crippen LogP contribution in [0.3, 0.4) is 0 Å². The molecule has 122 valence electrons. The SMILES string of the molecule is COCCCN1C(=O)/C(=C\c2cc([N+](=O)[O-])ccc2Cl)NC1=S. The molecule has 1 N–H and O–H groups in total. The van der Waals surface area contributed by atoms with E-state index in [1.54, 1.807) is 7.11 Å². The van der Waals surface area contributed by atoms with Crippen molar-refractivity contribution in [2.24, 2.45) is 0 Å². The second kappa shape index (κ2) is 7.49. The Morgan fingerprint density at radius 2 is 2.26 bits per heavy atom. The van der Waals surface area contributed by atoms with Gasteiger partial charge in [0.25, 0.3) is 11.6 Å². The lowest BCUT2D eigenvalue weighted by Crippen LogP contribution is -2.32. The Kier molecular flexibility index (Phi) is 5.64. The Labute approximate surface area is 143 Å². The largest absolute Gasteiger partial charge is 0.385 e. The molecule has 1 saturated heterocycles. The number of nitro groups is 1. The maximum Gasteiger partial charge on any atom is 0.276 e. The Bertz CT molecular complexity index is 693. The van der Waals surface area contributed by atoms with Crippen molar-refractivity contribution in [3.63, 3.8) is 0 Å². The van der Waals surface area contributed by atoms with Crippen LogP contribution in [0.15, 0.2) is 23.9 Å². The van der Waals surface area contributed by atoms with Gasteiger partial charge in [0.2, 0.25) is 0 Å². The zero-order chi connectivity index (χ0) is 17.0. The van der Waals surface area contributed by atoms with E-state index >= 15 is 0 Å². The summed E-state index contributed by atoms with van der Waals surface area (Å²) in [4.78, 5) is 24.1. The number of nitrogens with zero attached hydrogens (tertiary/aromatic N) is 2. The van der Waals surface area contributed by atoms with Crippen LogP contribution in [-0.4, -0.2) is 41.1 Å². The number of benzene rings is 1. The van der Waals surface area contributed by atoms with Crippen molar-refractivity contribution in [1.29, 1.82) is 0 Å². The highest BCUT2D eigenvalue weighted by atomic mass is 35.5. The molecular weight excluding hydrogens is 342 g/mol. The molecule has 23 heavy (non-hydrogen) atoms. The summed E-state index contributed by atoms with van der Waals surface area (Å²) in [5.41, 5.74) is 0.499. The predicted molar refractivity (Wildman–Crippen MR) is 90.0 cm³/mol. The quantitative estimate of drug-likeness (QED) is 0.277. The number of non-ortho nitro benzene ring substituents is 1. The van der Waals surface area contributed by atoms with Crippen LogP contribution in [0.5, 0.6) is 0 Å². The molecule has 0 saturated carbocycles. The second-order valence-corrected chi connectivity index (χ2v) is 5.55. The van der Waals surface area contributed by atoms with E-state index in [0.717, 1.165) is 0 Å². The van der Waals surface area contributed by atoms with Gasteiger partial charge in [0, 0.05) is 43.0 Å². The minimum atomic E-state index is -0.524. The molecule has 1 heterocycles. The van der Waals surface area contributed by atoms with Crippen molar-refractivity contribution < 1.29 is 14.5 Å². The van der Waals surface area contributed by atoms with E-state index in [2.05, 4.69) is 5.32 Å². The number of methoxy groups -OCH3 is 1. The van der Waals surface area contributed by atoms with Crippen LogP contribution in [0, 0.1) is 10.1 Å². The molecule has 7 nitrogen and oxygen atoms in total. The maximum absolute atomic E-state index is 12.3. The van der Waals surface area contributed by atoms with E-state index in [9.17, 15) is 14.9 Å². The van der Waals surface area contributed by atoms with Gasteiger partial charge in [0.1, 0.15) is 5.70 Å². The monoisotopic (exact) mass is 355 g/mol. The van der Waals surface area contributed by atoms with Crippen LogP contribution in [0.25, 0.3) is 6.08 Å². The number of hydrogen-bond acceptors (Lipinski definition) is 5. The van der Waals surface area contributed by atoms with Crippen LogP contribution in [-0.2, 0) is 9.53 Å². The van der Waals surface area contributed by atoms with Crippen LogP contribution < -0.4 is 5.32 Å². The first-order valence-electron chi connectivity index (χ1n) is 6.71. The van der Waals surface area contributed by atoms with Crippen LogP contribution >= 0.6 is 23.8 Å². The number of nitrogens with one attached hydrogen (secondary N) is 1. The molecule has 1 aromatic rings. The highest BCUT2D eigenvalue weighted by Crippen LogP contribution is 2.25. The Morgan fingerprint density at radius 3 is 2.91 bits per heavy atom. The molecular formula is C14H14ClN3O4S. The predicted octanol–water partition coefficient (Wildman–Crippen LogP) is 2.34. The number of rotatable bonds is 6. The Hall–Kier alpha value is -2.03. The third kappa shape index (κ3) is 4.04. The van der Waals surface area contributed by atoms with Crippen molar-refractivity contribution in [3.8, 4) is 0 Å². The summed E-state index contributed by atoms with van der Waals surface area (Å²) < 4.78 is 4.95. The molecule has 1 amide bonds. The van der Waals surface area contributed by atoms with Crippen molar-refractivity contribution in [3.05, 3.63) is 44.6 Å². The molecule has 0 spiro atoms. The Morgan fingerprint density at radius 1 is 1.52 bits per heavy atom. The smallest absolute Gasteiger partial charge is 0.276 e. The van der Waals surface area contributed by atoms with E-state index in [0.29, 0.717) is 35.3 Å². The van der Waals surface area contributed by atoms with Crippen LogP contribution in [0.4, 0.5) is 5.69 Å². The van der Waals surface area contributed by atoms with Crippen molar-refractivity contribution in [2.45, 2.75) is 6.42 Å². The minimum absolute atomic E-state index is 0.105. The van der Waals surface area contributed by atoms with E-state index in [1.165, 1.54) is 29.2 Å². The van der Waals surface area contributed by atoms with Gasteiger partial charge < -0.3 is 10.1 Å². The molecule has 1 fully saturated rings. The van der Waals surface area contributed by atoms with Gasteiger partial charge in [-0.15, -0.1) is 0 Å². The number of halogens is 1. The molecule has 1 aromatic carbocycles. The minimum Gasteiger partial charge on any atom is -0.385 e. The third-order valence-electron chi connectivity index (χ3n) is 3.18. The third-order valence-corrected chi connectivity index (χ3v) is 3.85. The summed E-state index contributed by atoms with van der Waals surface area (Å²) >= 11 is 11.2. The number of thiocarbonyl (C=S) groups is 1. The second-order valence-electron chi connectivity index (χ2n) is 4.75. The molecule has 0 atom stereocenters. The number of carbonyl (C=O) groups excluding carboxylic acids is 1. The van der Waals surface area contributed by atoms with Gasteiger partial charge in [0.05, 0.1) is 4.92 Å². The number of carbonyl (C=O) groups is 1. The summed E-state index contributed by atoms with van der Waals surface area (Å²) in [6.45, 7) is 0.945. The summed E-state index contributed by atoms with van der Waals surface area (Å²) in [6, 6.07) is 4.02. The first kappa shape index (κ1) is 17.3. The van der Waals surface area contributed by atoms with E-state index in [1.807, 2.05) is 0 Å². The lowest BCUT2D eigenvalue weighted by Gasteiger charge is -2.12. The summed E-state index contributed by atoms with van der Waals surface area (Å²) in [5.74, 6) is -0.298. The van der Waals surface area contributed by atoms with Gasteiger partial charge in [0.15, 0.2) is 5.11 Å². The fraction of sp³-hybridized carbons (Fsp3) is 0.286. The van der Waals surface area contributed by atoms with Crippen molar-refractivity contribution >= 4 is 46.6 Å². The topological polar surface area (TPSA) is 84.7 Å². The molecule has 1 aliphatic rings. The summed E-state index contributed by atoms with van der Waals surface area (Å²) in [7, 11) is 1.58. The average Bonchev–Trinajstić information content (AvgIpc) is 2.77. The van der Waals surface area contributed by atoms with Gasteiger partial charge in [-0.1, -0.05) is 11.6 Å². The first-order valence-corrected chi connectivity index (χ1v) is 7.50. The number of amides is 1. The van der Waals surface area contributed by atoms with Crippen molar-refractivity contribution in [1.82, 2.24) is 10.2 Å². The van der Waals surface area contributed by atoms with E-state index in [-0.39, 0.29) is 17.3 Å². The molecule has 0 aromatic heterocycles. The molecule has 1 aliphatic heterocycles. The molecule has 0 unspecified atom stereocenters. The van der Waals surface area contributed by atoms with Gasteiger partial charge in [-0.3, -0.25) is 19.8 Å². The zero-order valence-corrected chi connectivity index (χ0v) is 13.8. The molecule has 9 heteroatoms. The first-order chi connectivity index (χ1) is 10.9. The highest BCUT2D eigenvalue weighted by Gasteiger charge is 2.30. The van der Waals surface area contributed by atoms with Gasteiger partial charge in [-0.2, -0.15) is 0 Å². The lowest BCUT2D eigenvalue weighted by molar-refractivity contribution is -0.384. The standard InChI is InChI=1S/C14H14ClN3O4S/c1-22-6-2-5-17-13(19)12(16-14(17)23)8-9-7-10(18(20)21)3-4-11(9)15/h3-4,7-8H,2,5-6H2,1H3,(H,16,23)/b12-8+. The Balaban J connectivity index is 2.23. The lowest BCUT2D eigenvalue weighted by atomic mass is 10.1. The molecule has 0 bridgehead atoms. The van der Waals surface area contributed by atoms with Crippen molar-refractivity contribution in [2.75, 3.05) is 20.3 Å².